The van der Waals surface area contributed by atoms with Crippen LogP contribution in [-0.4, -0.2) is 71.4 Å². The fourth-order valence-corrected chi connectivity index (χ4v) is 8.39. The minimum atomic E-state index is -1.78. The Bertz CT molecular complexity index is 1660. The van der Waals surface area contributed by atoms with E-state index in [0.29, 0.717) is 6.61 Å². The Labute approximate surface area is 379 Å². The van der Waals surface area contributed by atoms with E-state index in [4.69, 9.17) is 36.8 Å². The molecule has 3 saturated heterocycles. The molecule has 3 aliphatic heterocycles. The lowest BCUT2D eigenvalue weighted by atomic mass is 9.49. The van der Waals surface area contributed by atoms with Crippen LogP contribution < -0.4 is 5.46 Å². The van der Waals surface area contributed by atoms with E-state index in [1.165, 1.54) is 5.56 Å². The second-order valence-electron chi connectivity index (χ2n) is 22.5. The monoisotopic (exact) mass is 980 g/mol. The molecule has 0 aliphatic carbocycles. The van der Waals surface area contributed by atoms with Gasteiger partial charge >= 0.3 is 21.1 Å². The fraction of sp³-hybridized carbons (Fsp3) is 0.727. The summed E-state index contributed by atoms with van der Waals surface area (Å²) in [4.78, 5) is 0. The average molecular weight is 983 g/mol. The molecular formula is C44H77B3Br2O8Si2. The summed E-state index contributed by atoms with van der Waals surface area (Å²) in [6.07, 6.45) is 0. The molecule has 59 heavy (non-hydrogen) atoms. The zero-order valence-corrected chi connectivity index (χ0v) is 45.9. The first-order valence-corrected chi connectivity index (χ1v) is 28.5. The number of benzene rings is 2. The molecule has 0 aromatic heterocycles. The van der Waals surface area contributed by atoms with Crippen molar-refractivity contribution in [3.63, 3.8) is 0 Å². The van der Waals surface area contributed by atoms with Gasteiger partial charge in [0.1, 0.15) is 0 Å². The summed E-state index contributed by atoms with van der Waals surface area (Å²) in [6.45, 7) is 48.5. The van der Waals surface area contributed by atoms with Crippen LogP contribution in [0, 0.1) is 0 Å². The van der Waals surface area contributed by atoms with E-state index in [1.807, 2.05) is 61.5 Å². The molecule has 0 radical (unpaired) electrons. The third kappa shape index (κ3) is 13.1. The van der Waals surface area contributed by atoms with E-state index in [9.17, 15) is 0 Å². The molecule has 2 aromatic carbocycles. The third-order valence-electron chi connectivity index (χ3n) is 14.0. The van der Waals surface area contributed by atoms with Crippen LogP contribution >= 0.6 is 31.9 Å². The molecule has 0 unspecified atom stereocenters. The largest absolute Gasteiger partial charge is 0.494 e. The lowest BCUT2D eigenvalue weighted by molar-refractivity contribution is 0.00578. The number of hydrogen-bond donors (Lipinski definition) is 0. The van der Waals surface area contributed by atoms with Gasteiger partial charge in [-0.2, -0.15) is 0 Å². The van der Waals surface area contributed by atoms with Crippen LogP contribution in [0.2, 0.25) is 36.3 Å². The number of rotatable bonds is 8. The SMILES string of the molecule is CC(C)(C)[Si](C)(C)OCc1cccc(Br)c1.CC1(C)OB(B2OC(C)(C)C(C)(C)O2)OC1(C)C.CC1(C)OB(c2cc(Br)cc(CO[Si](C)(C)C(C)(C)C)c2)OC1(C)C. The molecule has 5 rings (SSSR count). The summed E-state index contributed by atoms with van der Waals surface area (Å²) in [5.74, 6) is 0. The summed E-state index contributed by atoms with van der Waals surface area (Å²) in [6, 6.07) is 14.6. The van der Waals surface area contributed by atoms with Crippen molar-refractivity contribution in [3.05, 3.63) is 62.5 Å². The molecule has 3 heterocycles. The molecular weight excluding hydrogens is 905 g/mol. The molecule has 8 nitrogen and oxygen atoms in total. The van der Waals surface area contributed by atoms with Gasteiger partial charge in [-0.05, 0) is 160 Å². The molecule has 0 spiro atoms. The zero-order valence-electron chi connectivity index (χ0n) is 40.7. The van der Waals surface area contributed by atoms with Crippen LogP contribution in [0.5, 0.6) is 0 Å². The van der Waals surface area contributed by atoms with Crippen molar-refractivity contribution in [1.82, 2.24) is 0 Å². The first-order chi connectivity index (χ1) is 26.2. The average Bonchev–Trinajstić information content (AvgIpc) is 3.51. The summed E-state index contributed by atoms with van der Waals surface area (Å²) >= 11 is 7.10. The predicted octanol–water partition coefficient (Wildman–Crippen LogP) is 12.5. The second kappa shape index (κ2) is 18.3. The molecule has 2 aromatic rings. The maximum absolute atomic E-state index is 6.37. The van der Waals surface area contributed by atoms with Gasteiger partial charge in [-0.25, -0.2) is 0 Å². The number of halogens is 2. The maximum Gasteiger partial charge on any atom is 0.494 e. The quantitative estimate of drug-likeness (QED) is 0.242. The van der Waals surface area contributed by atoms with Gasteiger partial charge < -0.3 is 36.8 Å². The molecule has 0 N–H and O–H groups in total. The van der Waals surface area contributed by atoms with Crippen LogP contribution in [0.15, 0.2) is 51.4 Å². The van der Waals surface area contributed by atoms with Crippen molar-refractivity contribution in [2.75, 3.05) is 0 Å². The van der Waals surface area contributed by atoms with Gasteiger partial charge in [-0.1, -0.05) is 91.6 Å². The van der Waals surface area contributed by atoms with Crippen molar-refractivity contribution in [1.29, 1.82) is 0 Å². The Morgan fingerprint density at radius 3 is 1.19 bits per heavy atom. The number of hydrogen-bond acceptors (Lipinski definition) is 8. The molecule has 0 saturated carbocycles. The molecule has 15 heteroatoms. The maximum atomic E-state index is 6.37. The highest BCUT2D eigenvalue weighted by molar-refractivity contribution is 9.10. The van der Waals surface area contributed by atoms with Gasteiger partial charge in [0.05, 0.1) is 46.8 Å². The summed E-state index contributed by atoms with van der Waals surface area (Å²) in [7, 11) is -4.70. The Morgan fingerprint density at radius 1 is 0.492 bits per heavy atom. The summed E-state index contributed by atoms with van der Waals surface area (Å²) in [5.41, 5.74) is 1.30. The summed E-state index contributed by atoms with van der Waals surface area (Å²) in [5, 5.41) is 0.479. The highest BCUT2D eigenvalue weighted by atomic mass is 79.9. The topological polar surface area (TPSA) is 73.8 Å². The zero-order chi connectivity index (χ0) is 45.6. The first kappa shape index (κ1) is 53.0. The Balaban J connectivity index is 0.000000244. The minimum absolute atomic E-state index is 0.202. The van der Waals surface area contributed by atoms with Crippen LogP contribution in [0.25, 0.3) is 0 Å². The molecule has 0 amide bonds. The highest BCUT2D eigenvalue weighted by Crippen LogP contribution is 2.43. The van der Waals surface area contributed by atoms with Crippen molar-refractivity contribution in [2.45, 2.75) is 208 Å². The lowest BCUT2D eigenvalue weighted by Gasteiger charge is -2.36. The van der Waals surface area contributed by atoms with Crippen LogP contribution in [0.1, 0.15) is 136 Å². The highest BCUT2D eigenvalue weighted by Gasteiger charge is 2.63. The Hall–Kier alpha value is -0.291. The first-order valence-electron chi connectivity index (χ1n) is 21.1. The lowest BCUT2D eigenvalue weighted by Crippen LogP contribution is -2.41. The van der Waals surface area contributed by atoms with Crippen molar-refractivity contribution < 1.29 is 36.8 Å². The standard InChI is InChI=1S/C19H32BBrO3Si.C13H21BrOSi.C12H24B2O4/c1-17(2,3)25(8,9)22-13-14-10-15(12-16(21)11-14)20-23-18(4,5)19(6,7)24-20;1-13(2,3)16(4,5)15-10-11-7-6-8-12(14)9-11;1-9(2)10(3,4)16-13(15-9)14-17-11(5,6)12(7,8)18-14/h10-12H,13H2,1-9H3;6-9H,10H2,1-5H3;1-8H3. The van der Waals surface area contributed by atoms with Crippen LogP contribution in [-0.2, 0) is 50.0 Å². The van der Waals surface area contributed by atoms with Gasteiger partial charge in [0.25, 0.3) is 0 Å². The second-order valence-corrected chi connectivity index (χ2v) is 33.9. The molecule has 0 atom stereocenters. The minimum Gasteiger partial charge on any atom is -0.413 e. The van der Waals surface area contributed by atoms with E-state index >= 15 is 0 Å². The predicted molar refractivity (Wildman–Crippen MR) is 260 cm³/mol. The molecule has 0 bridgehead atoms. The Morgan fingerprint density at radius 2 is 0.831 bits per heavy atom. The van der Waals surface area contributed by atoms with Gasteiger partial charge in [0.2, 0.25) is 0 Å². The van der Waals surface area contributed by atoms with E-state index < -0.39 is 30.7 Å². The van der Waals surface area contributed by atoms with E-state index in [-0.39, 0.29) is 50.8 Å². The van der Waals surface area contributed by atoms with Gasteiger partial charge in [-0.15, -0.1) is 0 Å². The third-order valence-corrected chi connectivity index (χ3v) is 23.9. The van der Waals surface area contributed by atoms with Gasteiger partial charge in [0.15, 0.2) is 16.6 Å². The van der Waals surface area contributed by atoms with Crippen molar-refractivity contribution >= 4 is 75.1 Å². The van der Waals surface area contributed by atoms with Crippen molar-refractivity contribution in [3.8, 4) is 0 Å². The molecule has 3 fully saturated rings. The fourth-order valence-electron chi connectivity index (χ4n) is 5.46. The van der Waals surface area contributed by atoms with E-state index in [0.717, 1.165) is 26.6 Å². The Kier molecular flexibility index (Phi) is 16.5. The van der Waals surface area contributed by atoms with Gasteiger partial charge in [0, 0.05) is 8.95 Å². The van der Waals surface area contributed by atoms with Crippen molar-refractivity contribution in [2.24, 2.45) is 0 Å². The van der Waals surface area contributed by atoms with E-state index in [2.05, 4.69) is 164 Å². The summed E-state index contributed by atoms with van der Waals surface area (Å²) < 4.78 is 50.9. The molecule has 3 aliphatic rings. The van der Waals surface area contributed by atoms with Crippen LogP contribution in [0.4, 0.5) is 0 Å². The van der Waals surface area contributed by atoms with Gasteiger partial charge in [-0.3, -0.25) is 0 Å². The normalized spacial score (nSPS) is 21.8. The smallest absolute Gasteiger partial charge is 0.413 e. The van der Waals surface area contributed by atoms with Crippen LogP contribution in [0.3, 0.4) is 0 Å². The molecule has 332 valence electrons. The van der Waals surface area contributed by atoms with E-state index in [1.54, 1.807) is 0 Å².